The summed E-state index contributed by atoms with van der Waals surface area (Å²) in [4.78, 5) is 4.19. The third kappa shape index (κ3) is 1.82. The lowest BCUT2D eigenvalue weighted by Gasteiger charge is -2.08. The summed E-state index contributed by atoms with van der Waals surface area (Å²) in [6.45, 7) is 0.755. The van der Waals surface area contributed by atoms with Crippen molar-refractivity contribution in [2.45, 2.75) is 6.54 Å². The molecule has 2 heterocycles. The van der Waals surface area contributed by atoms with Crippen molar-refractivity contribution in [1.29, 1.82) is 0 Å². The van der Waals surface area contributed by atoms with Crippen LogP contribution in [0.2, 0.25) is 0 Å². The highest BCUT2D eigenvalue weighted by atomic mass is 35.5. The number of rotatable bonds is 2. The molecule has 0 atom stereocenters. The first kappa shape index (κ1) is 10.0. The van der Waals surface area contributed by atoms with Crippen LogP contribution in [0.5, 0.6) is 0 Å². The van der Waals surface area contributed by atoms with Crippen LogP contribution >= 0.6 is 12.4 Å². The number of hydrogen-bond donors (Lipinski definition) is 1. The third-order valence-corrected chi connectivity index (χ3v) is 1.86. The maximum absolute atomic E-state index is 8.77. The van der Waals surface area contributed by atoms with Gasteiger partial charge in [-0.15, -0.1) is 12.4 Å². The van der Waals surface area contributed by atoms with E-state index < -0.39 is 0 Å². The molecule has 0 fully saturated rings. The Labute approximate surface area is 82.8 Å². The van der Waals surface area contributed by atoms with Gasteiger partial charge in [0.05, 0.1) is 6.61 Å². The van der Waals surface area contributed by atoms with Crippen molar-refractivity contribution in [2.24, 2.45) is 0 Å². The van der Waals surface area contributed by atoms with Crippen LogP contribution in [-0.4, -0.2) is 21.3 Å². The van der Waals surface area contributed by atoms with E-state index in [0.29, 0.717) is 6.54 Å². The second-order valence-electron chi connectivity index (χ2n) is 2.65. The second-order valence-corrected chi connectivity index (χ2v) is 2.65. The fourth-order valence-electron chi connectivity index (χ4n) is 1.32. The maximum atomic E-state index is 8.77. The van der Waals surface area contributed by atoms with Crippen LogP contribution in [0.3, 0.4) is 0 Å². The van der Waals surface area contributed by atoms with Crippen molar-refractivity contribution in [3.63, 3.8) is 0 Å². The number of halogens is 1. The molecule has 0 aromatic rings. The summed E-state index contributed by atoms with van der Waals surface area (Å²) in [6, 6.07) is 5.93. The summed E-state index contributed by atoms with van der Waals surface area (Å²) >= 11 is 0. The molecule has 0 saturated heterocycles. The number of aliphatic hydroxyl groups is 1. The van der Waals surface area contributed by atoms with E-state index in [1.165, 1.54) is 0 Å². The van der Waals surface area contributed by atoms with E-state index in [1.54, 1.807) is 6.20 Å². The zero-order chi connectivity index (χ0) is 8.39. The summed E-state index contributed by atoms with van der Waals surface area (Å²) in [5, 5.41) is 8.77. The van der Waals surface area contributed by atoms with Gasteiger partial charge in [0.2, 0.25) is 0 Å². The molecule has 1 N–H and O–H groups in total. The average Bonchev–Trinajstić information content (AvgIpc) is 2.53. The summed E-state index contributed by atoms with van der Waals surface area (Å²) in [5.41, 5.74) is 1.12. The molecule has 0 saturated carbocycles. The molecular weight excluding hydrogens is 188 g/mol. The van der Waals surface area contributed by atoms with E-state index in [2.05, 4.69) is 4.98 Å². The van der Waals surface area contributed by atoms with Gasteiger partial charge in [-0.2, -0.15) is 0 Å². The molecule has 0 spiro atoms. The monoisotopic (exact) mass is 198 g/mol. The van der Waals surface area contributed by atoms with Gasteiger partial charge in [-0.3, -0.25) is 0 Å². The van der Waals surface area contributed by atoms with Crippen molar-refractivity contribution in [2.75, 3.05) is 6.61 Å². The zero-order valence-corrected chi connectivity index (χ0v) is 7.87. The van der Waals surface area contributed by atoms with Crippen molar-refractivity contribution in [3.8, 4) is 11.4 Å². The highest BCUT2D eigenvalue weighted by Gasteiger charge is 2.05. The lowest BCUT2D eigenvalue weighted by Crippen LogP contribution is -2.05. The molecule has 4 heteroatoms. The van der Waals surface area contributed by atoms with Gasteiger partial charge in [-0.05, 0) is 18.2 Å². The molecule has 0 amide bonds. The standard InChI is InChI=1S/C9H10N2O.ClH/c12-7-6-11-5-1-2-8-3-4-10-9(8)11;/h1-5,12H,6-7H2;1H. The largest absolute Gasteiger partial charge is 0.395 e. The molecule has 13 heavy (non-hydrogen) atoms. The first-order chi connectivity index (χ1) is 5.92. The summed E-state index contributed by atoms with van der Waals surface area (Å²) in [7, 11) is 0. The number of aromatic nitrogens is 2. The predicted octanol–water partition coefficient (Wildman–Crippen LogP) is 1.40. The Kier molecular flexibility index (Phi) is 3.28. The van der Waals surface area contributed by atoms with E-state index >= 15 is 0 Å². The summed E-state index contributed by atoms with van der Waals surface area (Å²) in [6.07, 6.45) is 3.70. The topological polar surface area (TPSA) is 38.0 Å². The molecule has 3 nitrogen and oxygen atoms in total. The molecule has 2 aliphatic heterocycles. The highest BCUT2D eigenvalue weighted by Crippen LogP contribution is 2.18. The summed E-state index contributed by atoms with van der Waals surface area (Å²) in [5.74, 6) is 0.937. The number of fused-ring (bicyclic) bond motifs is 1. The molecule has 0 aromatic heterocycles. The Morgan fingerprint density at radius 3 is 3.00 bits per heavy atom. The Hall–Kier alpha value is -1.06. The van der Waals surface area contributed by atoms with E-state index in [9.17, 15) is 0 Å². The zero-order valence-electron chi connectivity index (χ0n) is 7.05. The maximum Gasteiger partial charge on any atom is 0.139 e. The Bertz CT molecular complexity index is 348. The molecule has 2 aliphatic rings. The predicted molar refractivity (Wildman–Crippen MR) is 53.2 cm³/mol. The van der Waals surface area contributed by atoms with Crippen LogP contribution in [0.4, 0.5) is 0 Å². The molecule has 0 bridgehead atoms. The lowest BCUT2D eigenvalue weighted by atomic mass is 10.2. The number of nitrogens with zero attached hydrogens (tertiary/aromatic N) is 2. The Morgan fingerprint density at radius 1 is 1.38 bits per heavy atom. The molecule has 0 radical (unpaired) electrons. The van der Waals surface area contributed by atoms with Gasteiger partial charge in [0.25, 0.3) is 0 Å². The number of hydrogen-bond acceptors (Lipinski definition) is 2. The number of aliphatic hydroxyl groups excluding tert-OH is 1. The second kappa shape index (κ2) is 4.25. The van der Waals surface area contributed by atoms with E-state index in [4.69, 9.17) is 5.11 Å². The van der Waals surface area contributed by atoms with Gasteiger partial charge in [-0.1, -0.05) is 0 Å². The van der Waals surface area contributed by atoms with Gasteiger partial charge < -0.3 is 9.67 Å². The van der Waals surface area contributed by atoms with E-state index in [-0.39, 0.29) is 19.0 Å². The van der Waals surface area contributed by atoms with E-state index in [1.807, 2.05) is 29.0 Å². The van der Waals surface area contributed by atoms with Crippen LogP contribution in [0.25, 0.3) is 11.4 Å². The van der Waals surface area contributed by atoms with Crippen molar-refractivity contribution < 1.29 is 5.11 Å². The smallest absolute Gasteiger partial charge is 0.139 e. The fraction of sp³-hybridized carbons (Fsp3) is 0.222. The molecule has 0 unspecified atom stereocenters. The normalized spacial score (nSPS) is 9.92. The Balaban J connectivity index is 0.000000845. The average molecular weight is 199 g/mol. The first-order valence-electron chi connectivity index (χ1n) is 3.92. The molecule has 2 rings (SSSR count). The van der Waals surface area contributed by atoms with Crippen LogP contribution in [0.1, 0.15) is 0 Å². The van der Waals surface area contributed by atoms with Gasteiger partial charge in [0.15, 0.2) is 0 Å². The molecule has 0 aliphatic carbocycles. The van der Waals surface area contributed by atoms with Gasteiger partial charge in [0, 0.05) is 24.5 Å². The van der Waals surface area contributed by atoms with Gasteiger partial charge >= 0.3 is 0 Å². The molecular formula is C9H11ClN2O. The minimum absolute atomic E-state index is 0. The minimum atomic E-state index is 0. The SMILES string of the molecule is Cl.OCCn1cccc2ccnc1-2. The van der Waals surface area contributed by atoms with E-state index in [0.717, 1.165) is 11.4 Å². The van der Waals surface area contributed by atoms with Crippen LogP contribution < -0.4 is 0 Å². The lowest BCUT2D eigenvalue weighted by molar-refractivity contribution is 0.276. The Morgan fingerprint density at radius 2 is 2.23 bits per heavy atom. The van der Waals surface area contributed by atoms with Crippen LogP contribution in [-0.2, 0) is 6.54 Å². The van der Waals surface area contributed by atoms with Crippen LogP contribution in [0.15, 0.2) is 30.6 Å². The van der Waals surface area contributed by atoms with Crippen molar-refractivity contribution in [1.82, 2.24) is 9.55 Å². The van der Waals surface area contributed by atoms with Gasteiger partial charge in [-0.25, -0.2) is 4.98 Å². The van der Waals surface area contributed by atoms with Gasteiger partial charge in [0.1, 0.15) is 5.82 Å². The molecule has 70 valence electrons. The fourth-order valence-corrected chi connectivity index (χ4v) is 1.32. The molecule has 0 aromatic carbocycles. The first-order valence-corrected chi connectivity index (χ1v) is 3.92. The highest BCUT2D eigenvalue weighted by molar-refractivity contribution is 5.85. The van der Waals surface area contributed by atoms with Crippen LogP contribution in [0, 0.1) is 0 Å². The van der Waals surface area contributed by atoms with Crippen molar-refractivity contribution in [3.05, 3.63) is 30.6 Å². The quantitative estimate of drug-likeness (QED) is 0.792. The number of pyridine rings is 1. The minimum Gasteiger partial charge on any atom is -0.395 e. The van der Waals surface area contributed by atoms with Crippen molar-refractivity contribution >= 4 is 12.4 Å². The summed E-state index contributed by atoms with van der Waals surface area (Å²) < 4.78 is 1.94. The third-order valence-electron chi connectivity index (χ3n) is 1.86.